The largest absolute Gasteiger partial charge is 0.465 e. The second-order valence-electron chi connectivity index (χ2n) is 2.78. The lowest BCUT2D eigenvalue weighted by Gasteiger charge is -2.13. The van der Waals surface area contributed by atoms with Gasteiger partial charge in [-0.15, -0.1) is 0 Å². The smallest absolute Gasteiger partial charge is 0.293 e. The van der Waals surface area contributed by atoms with Crippen molar-refractivity contribution in [3.8, 4) is 0 Å². The van der Waals surface area contributed by atoms with Crippen LogP contribution in [0.5, 0.6) is 0 Å². The average Bonchev–Trinajstić information content (AvgIpc) is 2.06. The third kappa shape index (κ3) is 6.16. The molecule has 0 spiro atoms. The second kappa shape index (κ2) is 8.53. The molecule has 0 saturated carbocycles. The molecule has 0 aromatic heterocycles. The lowest BCUT2D eigenvalue weighted by atomic mass is 10.1. The van der Waals surface area contributed by atoms with Crippen LogP contribution in [0.2, 0.25) is 0 Å². The Bertz CT molecular complexity index is 104. The van der Waals surface area contributed by atoms with Crippen molar-refractivity contribution >= 4 is 6.47 Å². The predicted octanol–water partition coefficient (Wildman–Crippen LogP) is 1.75. The van der Waals surface area contributed by atoms with Gasteiger partial charge in [0.2, 0.25) is 0 Å². The van der Waals surface area contributed by atoms with Gasteiger partial charge in [0.15, 0.2) is 0 Å². The van der Waals surface area contributed by atoms with Crippen molar-refractivity contribution in [3.63, 3.8) is 0 Å². The lowest BCUT2D eigenvalue weighted by molar-refractivity contribution is -0.134. The summed E-state index contributed by atoms with van der Waals surface area (Å²) < 4.78 is 9.80. The summed E-state index contributed by atoms with van der Waals surface area (Å²) in [6, 6.07) is 0. The molecule has 0 heterocycles. The fourth-order valence-electron chi connectivity index (χ4n) is 1.14. The number of methoxy groups -OCH3 is 1. The van der Waals surface area contributed by atoms with Crippen molar-refractivity contribution in [2.24, 2.45) is 0 Å². The first-order valence-corrected chi connectivity index (χ1v) is 4.43. The van der Waals surface area contributed by atoms with Crippen LogP contribution in [-0.2, 0) is 14.3 Å². The predicted molar refractivity (Wildman–Crippen MR) is 47.0 cm³/mol. The minimum Gasteiger partial charge on any atom is -0.465 e. The number of carbonyl (C=O) groups is 1. The van der Waals surface area contributed by atoms with Crippen LogP contribution in [0.25, 0.3) is 0 Å². The van der Waals surface area contributed by atoms with Crippen LogP contribution in [-0.4, -0.2) is 26.3 Å². The second-order valence-corrected chi connectivity index (χ2v) is 2.78. The van der Waals surface area contributed by atoms with Gasteiger partial charge in [-0.2, -0.15) is 0 Å². The van der Waals surface area contributed by atoms with Gasteiger partial charge < -0.3 is 9.47 Å². The Kier molecular flexibility index (Phi) is 8.12. The molecule has 0 aliphatic heterocycles. The van der Waals surface area contributed by atoms with Gasteiger partial charge in [0.25, 0.3) is 6.47 Å². The topological polar surface area (TPSA) is 35.5 Å². The van der Waals surface area contributed by atoms with E-state index >= 15 is 0 Å². The molecule has 0 bridgehead atoms. The van der Waals surface area contributed by atoms with E-state index < -0.39 is 0 Å². The Hall–Kier alpha value is -0.570. The molecule has 0 saturated heterocycles. The van der Waals surface area contributed by atoms with E-state index in [-0.39, 0.29) is 6.10 Å². The summed E-state index contributed by atoms with van der Waals surface area (Å²) in [4.78, 5) is 10.1. The van der Waals surface area contributed by atoms with E-state index in [1.54, 1.807) is 7.11 Å². The van der Waals surface area contributed by atoms with Crippen LogP contribution in [0.15, 0.2) is 0 Å². The third-order valence-corrected chi connectivity index (χ3v) is 1.73. The molecule has 0 aliphatic rings. The summed E-state index contributed by atoms with van der Waals surface area (Å²) in [5, 5.41) is 0. The van der Waals surface area contributed by atoms with Crippen LogP contribution in [0, 0.1) is 0 Å². The maximum absolute atomic E-state index is 10.1. The van der Waals surface area contributed by atoms with Gasteiger partial charge >= 0.3 is 0 Å². The number of rotatable bonds is 8. The molecule has 72 valence electrons. The van der Waals surface area contributed by atoms with E-state index in [9.17, 15) is 4.79 Å². The number of hydrogen-bond acceptors (Lipinski definition) is 3. The highest BCUT2D eigenvalue weighted by atomic mass is 16.5. The summed E-state index contributed by atoms with van der Waals surface area (Å²) in [5.41, 5.74) is 0. The van der Waals surface area contributed by atoms with Gasteiger partial charge in [-0.3, -0.25) is 4.79 Å². The summed E-state index contributed by atoms with van der Waals surface area (Å²) in [5.74, 6) is 0. The Morgan fingerprint density at radius 1 is 1.42 bits per heavy atom. The molecule has 0 fully saturated rings. The molecule has 0 radical (unpaired) electrons. The minimum absolute atomic E-state index is 0.0858. The molecule has 1 unspecified atom stereocenters. The first-order chi connectivity index (χ1) is 5.85. The molecule has 3 heteroatoms. The standard InChI is InChI=1S/C9H18O3/c1-3-5-9(12-8-10)6-4-7-11-2/h8-9H,3-7H2,1-2H3. The quantitative estimate of drug-likeness (QED) is 0.415. The number of carbonyl (C=O) groups excluding carboxylic acids is 1. The monoisotopic (exact) mass is 174 g/mol. The SMILES string of the molecule is CCCC(CCCOC)OC=O. The summed E-state index contributed by atoms with van der Waals surface area (Å²) in [6.45, 7) is 3.35. The van der Waals surface area contributed by atoms with Crippen LogP contribution in [0.3, 0.4) is 0 Å². The van der Waals surface area contributed by atoms with Crippen molar-refractivity contribution in [3.05, 3.63) is 0 Å². The molecule has 3 nitrogen and oxygen atoms in total. The maximum atomic E-state index is 10.1. The Balaban J connectivity index is 3.40. The Morgan fingerprint density at radius 3 is 2.67 bits per heavy atom. The van der Waals surface area contributed by atoms with Gasteiger partial charge in [-0.25, -0.2) is 0 Å². The summed E-state index contributed by atoms with van der Waals surface area (Å²) in [6.07, 6.45) is 3.94. The normalized spacial score (nSPS) is 12.5. The lowest BCUT2D eigenvalue weighted by Crippen LogP contribution is -2.12. The van der Waals surface area contributed by atoms with Crippen molar-refractivity contribution in [1.29, 1.82) is 0 Å². The molecule has 0 N–H and O–H groups in total. The van der Waals surface area contributed by atoms with Crippen molar-refractivity contribution < 1.29 is 14.3 Å². The van der Waals surface area contributed by atoms with Crippen molar-refractivity contribution in [1.82, 2.24) is 0 Å². The Labute approximate surface area is 74.0 Å². The third-order valence-electron chi connectivity index (χ3n) is 1.73. The van der Waals surface area contributed by atoms with Gasteiger partial charge in [0.1, 0.15) is 6.10 Å². The molecule has 12 heavy (non-hydrogen) atoms. The van der Waals surface area contributed by atoms with Gasteiger partial charge in [0, 0.05) is 13.7 Å². The van der Waals surface area contributed by atoms with Crippen LogP contribution in [0.1, 0.15) is 32.6 Å². The molecule has 0 aliphatic carbocycles. The highest BCUT2D eigenvalue weighted by Crippen LogP contribution is 2.08. The zero-order chi connectivity index (χ0) is 9.23. The zero-order valence-electron chi connectivity index (χ0n) is 7.91. The number of ether oxygens (including phenoxy) is 2. The summed E-state index contributed by atoms with van der Waals surface area (Å²) >= 11 is 0. The first kappa shape index (κ1) is 11.4. The van der Waals surface area contributed by atoms with Crippen LogP contribution in [0.4, 0.5) is 0 Å². The first-order valence-electron chi connectivity index (χ1n) is 4.43. The van der Waals surface area contributed by atoms with E-state index in [2.05, 4.69) is 6.92 Å². The van der Waals surface area contributed by atoms with Crippen molar-refractivity contribution in [2.75, 3.05) is 13.7 Å². The van der Waals surface area contributed by atoms with E-state index in [0.717, 1.165) is 32.3 Å². The highest BCUT2D eigenvalue weighted by molar-refractivity contribution is 5.37. The molecule has 0 aromatic rings. The van der Waals surface area contributed by atoms with Crippen molar-refractivity contribution in [2.45, 2.75) is 38.7 Å². The highest BCUT2D eigenvalue weighted by Gasteiger charge is 2.06. The van der Waals surface area contributed by atoms with Crippen LogP contribution < -0.4 is 0 Å². The number of hydrogen-bond donors (Lipinski definition) is 0. The fourth-order valence-corrected chi connectivity index (χ4v) is 1.14. The van der Waals surface area contributed by atoms with E-state index in [1.807, 2.05) is 0 Å². The molecule has 0 aromatic carbocycles. The van der Waals surface area contributed by atoms with E-state index in [1.165, 1.54) is 0 Å². The Morgan fingerprint density at radius 2 is 2.17 bits per heavy atom. The van der Waals surface area contributed by atoms with Gasteiger partial charge in [-0.05, 0) is 19.3 Å². The molecule has 1 atom stereocenters. The fraction of sp³-hybridized carbons (Fsp3) is 0.889. The van der Waals surface area contributed by atoms with Gasteiger partial charge in [0.05, 0.1) is 0 Å². The molecule has 0 rings (SSSR count). The molecule has 0 amide bonds. The van der Waals surface area contributed by atoms with E-state index in [4.69, 9.17) is 9.47 Å². The zero-order valence-corrected chi connectivity index (χ0v) is 7.91. The maximum Gasteiger partial charge on any atom is 0.293 e. The molecular weight excluding hydrogens is 156 g/mol. The minimum atomic E-state index is 0.0858. The molecular formula is C9H18O3. The van der Waals surface area contributed by atoms with Gasteiger partial charge in [-0.1, -0.05) is 13.3 Å². The van der Waals surface area contributed by atoms with E-state index in [0.29, 0.717) is 6.47 Å². The summed E-state index contributed by atoms with van der Waals surface area (Å²) in [7, 11) is 1.68. The average molecular weight is 174 g/mol. The van der Waals surface area contributed by atoms with Crippen LogP contribution >= 0.6 is 0 Å².